The molecule has 0 bridgehead atoms. The Hall–Kier alpha value is -2.49. The molecule has 10 heteroatoms. The normalized spacial score (nSPS) is 21.0. The van der Waals surface area contributed by atoms with E-state index in [0.717, 1.165) is 4.90 Å². The lowest BCUT2D eigenvalue weighted by Gasteiger charge is -2.22. The zero-order chi connectivity index (χ0) is 18.6. The molecule has 0 aliphatic carbocycles. The van der Waals surface area contributed by atoms with Crippen molar-refractivity contribution in [3.63, 3.8) is 0 Å². The number of nitrogens with zero attached hydrogens (tertiary/aromatic N) is 1. The fraction of sp³-hybridized carbons (Fsp3) is 0.643. The Balaban J connectivity index is 2.90. The van der Waals surface area contributed by atoms with E-state index in [-0.39, 0.29) is 13.0 Å². The van der Waals surface area contributed by atoms with Crippen molar-refractivity contribution in [3.05, 3.63) is 0 Å². The van der Waals surface area contributed by atoms with Crippen LogP contribution in [0.2, 0.25) is 0 Å². The molecule has 134 valence electrons. The molecule has 5 N–H and O–H groups in total. The summed E-state index contributed by atoms with van der Waals surface area (Å²) in [7, 11) is 0. The number of carbonyl (C=O) groups excluding carboxylic acids is 3. The van der Waals surface area contributed by atoms with Gasteiger partial charge in [0.2, 0.25) is 11.8 Å². The zero-order valence-electron chi connectivity index (χ0n) is 13.4. The largest absolute Gasteiger partial charge is 0.481 e. The van der Waals surface area contributed by atoms with E-state index in [1.54, 1.807) is 0 Å². The lowest BCUT2D eigenvalue weighted by molar-refractivity contribution is -0.150. The lowest BCUT2D eigenvalue weighted by atomic mass is 9.94. The average molecular weight is 343 g/mol. The number of hydrogen-bond acceptors (Lipinski definition) is 6. The van der Waals surface area contributed by atoms with E-state index in [2.05, 4.69) is 5.32 Å². The van der Waals surface area contributed by atoms with Gasteiger partial charge in [-0.3, -0.25) is 19.2 Å². The van der Waals surface area contributed by atoms with E-state index in [1.165, 1.54) is 13.8 Å². The summed E-state index contributed by atoms with van der Waals surface area (Å²) < 4.78 is 0. The van der Waals surface area contributed by atoms with Gasteiger partial charge >= 0.3 is 11.9 Å². The Morgan fingerprint density at radius 1 is 1.29 bits per heavy atom. The second-order valence-corrected chi connectivity index (χ2v) is 5.74. The first kappa shape index (κ1) is 19.6. The van der Waals surface area contributed by atoms with Gasteiger partial charge in [-0.1, -0.05) is 0 Å². The number of likely N-dealkylation sites (tertiary alicyclic amines) is 1. The van der Waals surface area contributed by atoms with Crippen molar-refractivity contribution in [1.82, 2.24) is 10.2 Å². The number of amides is 2. The van der Waals surface area contributed by atoms with Crippen LogP contribution in [0.15, 0.2) is 0 Å². The minimum Gasteiger partial charge on any atom is -0.481 e. The summed E-state index contributed by atoms with van der Waals surface area (Å²) in [5.74, 6) is -5.85. The molecule has 0 aromatic rings. The summed E-state index contributed by atoms with van der Waals surface area (Å²) in [5.41, 5.74) is 5.38. The minimum atomic E-state index is -1.39. The predicted octanol–water partition coefficient (Wildman–Crippen LogP) is -1.82. The first-order valence-corrected chi connectivity index (χ1v) is 7.41. The number of Topliss-reactive ketones (excluding diaryl/α,β-unsaturated/α-hetero) is 1. The summed E-state index contributed by atoms with van der Waals surface area (Å²) in [6, 6.07) is -3.43. The Bertz CT molecular complexity index is 561. The summed E-state index contributed by atoms with van der Waals surface area (Å²) >= 11 is 0. The fourth-order valence-electron chi connectivity index (χ4n) is 2.43. The highest BCUT2D eigenvalue weighted by Crippen LogP contribution is 2.23. The molecule has 0 saturated carbocycles. The second-order valence-electron chi connectivity index (χ2n) is 5.74. The third-order valence-electron chi connectivity index (χ3n) is 3.86. The first-order valence-electron chi connectivity index (χ1n) is 7.41. The molecule has 10 nitrogen and oxygen atoms in total. The highest BCUT2D eigenvalue weighted by molar-refractivity contribution is 6.07. The van der Waals surface area contributed by atoms with Gasteiger partial charge < -0.3 is 26.2 Å². The molecule has 0 spiro atoms. The van der Waals surface area contributed by atoms with Gasteiger partial charge in [0.15, 0.2) is 5.78 Å². The predicted molar refractivity (Wildman–Crippen MR) is 79.8 cm³/mol. The maximum Gasteiger partial charge on any atom is 0.326 e. The third-order valence-corrected chi connectivity index (χ3v) is 3.86. The van der Waals surface area contributed by atoms with Crippen molar-refractivity contribution in [2.24, 2.45) is 11.7 Å². The van der Waals surface area contributed by atoms with E-state index in [1.807, 2.05) is 0 Å². The van der Waals surface area contributed by atoms with E-state index >= 15 is 0 Å². The molecule has 1 rings (SSSR count). The maximum absolute atomic E-state index is 12.5. The number of aliphatic carboxylic acids is 2. The van der Waals surface area contributed by atoms with Crippen molar-refractivity contribution < 1.29 is 34.2 Å². The Morgan fingerprint density at radius 3 is 2.33 bits per heavy atom. The van der Waals surface area contributed by atoms with Gasteiger partial charge in [0.05, 0.1) is 18.5 Å². The first-order chi connectivity index (χ1) is 11.1. The van der Waals surface area contributed by atoms with Crippen LogP contribution in [-0.2, 0) is 24.0 Å². The van der Waals surface area contributed by atoms with E-state index in [4.69, 9.17) is 15.9 Å². The van der Waals surface area contributed by atoms with Crippen molar-refractivity contribution in [3.8, 4) is 0 Å². The number of nitrogens with one attached hydrogen (secondary N) is 1. The molecule has 1 aliphatic heterocycles. The smallest absolute Gasteiger partial charge is 0.326 e. The van der Waals surface area contributed by atoms with Crippen molar-refractivity contribution in [2.45, 2.75) is 44.8 Å². The van der Waals surface area contributed by atoms with Crippen LogP contribution in [0.3, 0.4) is 0 Å². The van der Waals surface area contributed by atoms with Crippen LogP contribution in [0, 0.1) is 5.92 Å². The quantitative estimate of drug-likeness (QED) is 0.374. The number of carboxylic acid groups (broad SMARTS) is 2. The summed E-state index contributed by atoms with van der Waals surface area (Å²) in [6.45, 7) is 2.76. The van der Waals surface area contributed by atoms with Crippen LogP contribution in [0.1, 0.15) is 26.7 Å². The molecule has 0 aromatic carbocycles. The number of rotatable bonds is 8. The van der Waals surface area contributed by atoms with Crippen LogP contribution in [-0.4, -0.2) is 69.3 Å². The molecule has 2 amide bonds. The molecule has 1 heterocycles. The zero-order valence-corrected chi connectivity index (χ0v) is 13.4. The molecule has 1 fully saturated rings. The van der Waals surface area contributed by atoms with Crippen LogP contribution in [0.4, 0.5) is 0 Å². The molecule has 0 radical (unpaired) electrons. The number of carbonyl (C=O) groups is 5. The van der Waals surface area contributed by atoms with Crippen molar-refractivity contribution in [1.29, 1.82) is 0 Å². The van der Waals surface area contributed by atoms with Crippen molar-refractivity contribution in [2.75, 3.05) is 6.54 Å². The second kappa shape index (κ2) is 7.86. The van der Waals surface area contributed by atoms with E-state index in [9.17, 15) is 24.0 Å². The number of ketones is 1. The maximum atomic E-state index is 12.5. The Kier molecular flexibility index (Phi) is 6.41. The van der Waals surface area contributed by atoms with Crippen LogP contribution in [0.25, 0.3) is 0 Å². The van der Waals surface area contributed by atoms with Gasteiger partial charge in [0.25, 0.3) is 0 Å². The minimum absolute atomic E-state index is 0.0689. The summed E-state index contributed by atoms with van der Waals surface area (Å²) in [5, 5.41) is 20.1. The highest BCUT2D eigenvalue weighted by Gasteiger charge is 2.43. The van der Waals surface area contributed by atoms with Gasteiger partial charge in [0, 0.05) is 6.54 Å². The number of hydrogen-bond donors (Lipinski definition) is 4. The molecule has 1 saturated heterocycles. The average Bonchev–Trinajstić information content (AvgIpc) is 2.85. The standard InChI is InChI=1S/C14H21N3O7/c1-6(15)12(21)16-9(5-10(18)19)11(20)8-3-4-17(13(8)22)7(2)14(23)24/h6-9H,3-5,15H2,1-2H3,(H,16,21)(H,18,19)(H,23,24)/t6-,7-,8+,9-/m0/s1. The summed E-state index contributed by atoms with van der Waals surface area (Å²) in [6.07, 6.45) is -0.616. The number of carboxylic acids is 2. The van der Waals surface area contributed by atoms with E-state index in [0.29, 0.717) is 0 Å². The lowest BCUT2D eigenvalue weighted by Crippen LogP contribution is -2.51. The monoisotopic (exact) mass is 343 g/mol. The van der Waals surface area contributed by atoms with Crippen LogP contribution in [0.5, 0.6) is 0 Å². The van der Waals surface area contributed by atoms with Crippen LogP contribution < -0.4 is 11.1 Å². The number of nitrogens with two attached hydrogens (primary N) is 1. The molecule has 0 aromatic heterocycles. The topological polar surface area (TPSA) is 167 Å². The third kappa shape index (κ3) is 4.51. The van der Waals surface area contributed by atoms with Gasteiger partial charge in [-0.15, -0.1) is 0 Å². The van der Waals surface area contributed by atoms with Gasteiger partial charge in [-0.2, -0.15) is 0 Å². The molecule has 1 aliphatic rings. The summed E-state index contributed by atoms with van der Waals surface area (Å²) in [4.78, 5) is 59.3. The van der Waals surface area contributed by atoms with Crippen LogP contribution >= 0.6 is 0 Å². The Morgan fingerprint density at radius 2 is 1.88 bits per heavy atom. The SMILES string of the molecule is C[C@H](N)C(=O)N[C@@H](CC(=O)O)C(=O)[C@H]1CCN([C@@H](C)C(=O)O)C1=O. The van der Waals surface area contributed by atoms with Gasteiger partial charge in [-0.05, 0) is 20.3 Å². The molecule has 24 heavy (non-hydrogen) atoms. The van der Waals surface area contributed by atoms with Gasteiger partial charge in [0.1, 0.15) is 12.0 Å². The molecular weight excluding hydrogens is 322 g/mol. The molecule has 0 unspecified atom stereocenters. The highest BCUT2D eigenvalue weighted by atomic mass is 16.4. The fourth-order valence-corrected chi connectivity index (χ4v) is 2.43. The Labute approximate surface area is 138 Å². The van der Waals surface area contributed by atoms with Crippen molar-refractivity contribution >= 4 is 29.5 Å². The molecule has 4 atom stereocenters. The molecular formula is C14H21N3O7. The van der Waals surface area contributed by atoms with Gasteiger partial charge in [-0.25, -0.2) is 4.79 Å². The van der Waals surface area contributed by atoms with E-state index < -0.39 is 60.0 Å².